The average Bonchev–Trinajstić information content (AvgIpc) is 3.31. The second-order valence-electron chi connectivity index (χ2n) is 5.82. The van der Waals surface area contributed by atoms with E-state index in [2.05, 4.69) is 15.6 Å². The Hall–Kier alpha value is -3.39. The Kier molecular flexibility index (Phi) is 4.47. The van der Waals surface area contributed by atoms with Gasteiger partial charge in [-0.25, -0.2) is 4.98 Å². The second-order valence-corrected chi connectivity index (χ2v) is 6.68. The molecule has 3 aromatic rings. The lowest BCUT2D eigenvalue weighted by atomic mass is 10.1. The Morgan fingerprint density at radius 2 is 1.78 bits per heavy atom. The van der Waals surface area contributed by atoms with Crippen molar-refractivity contribution in [3.63, 3.8) is 0 Å². The minimum absolute atomic E-state index is 0.0217. The lowest BCUT2D eigenvalue weighted by Gasteiger charge is -2.04. The number of hydrogen-bond donors (Lipinski definition) is 2. The van der Waals surface area contributed by atoms with E-state index in [1.165, 1.54) is 18.3 Å². The number of Topliss-reactive ketones (excluding diaryl/α,β-unsaturated/α-hetero) is 1. The molecule has 0 bridgehead atoms. The second kappa shape index (κ2) is 7.08. The summed E-state index contributed by atoms with van der Waals surface area (Å²) < 4.78 is 10.6. The van der Waals surface area contributed by atoms with Gasteiger partial charge in [0.2, 0.25) is 6.79 Å². The Bertz CT molecular complexity index is 1010. The van der Waals surface area contributed by atoms with Crippen LogP contribution in [0.5, 0.6) is 11.5 Å². The highest BCUT2D eigenvalue weighted by atomic mass is 32.1. The van der Waals surface area contributed by atoms with Crippen LogP contribution in [-0.4, -0.2) is 23.5 Å². The predicted octanol–water partition coefficient (Wildman–Crippen LogP) is 4.07. The first-order chi connectivity index (χ1) is 13.1. The number of benzene rings is 2. The number of anilines is 3. The third kappa shape index (κ3) is 3.75. The number of fused-ring (bicyclic) bond motifs is 1. The van der Waals surface area contributed by atoms with E-state index >= 15 is 0 Å². The molecule has 27 heavy (non-hydrogen) atoms. The number of hydrogen-bond acceptors (Lipinski definition) is 7. The molecule has 2 aromatic carbocycles. The van der Waals surface area contributed by atoms with E-state index < -0.39 is 0 Å². The molecule has 1 aliphatic rings. The number of rotatable bonds is 5. The van der Waals surface area contributed by atoms with Crippen LogP contribution in [0.15, 0.2) is 47.8 Å². The summed E-state index contributed by atoms with van der Waals surface area (Å²) in [6.45, 7) is 1.71. The summed E-state index contributed by atoms with van der Waals surface area (Å²) in [5.74, 6) is 1.03. The molecule has 0 radical (unpaired) electrons. The van der Waals surface area contributed by atoms with Crippen LogP contribution in [0.1, 0.15) is 27.8 Å². The molecule has 8 heteroatoms. The summed E-state index contributed by atoms with van der Waals surface area (Å²) in [5, 5.41) is 8.18. The van der Waals surface area contributed by atoms with Gasteiger partial charge in [0.25, 0.3) is 5.91 Å². The number of aromatic nitrogens is 1. The van der Waals surface area contributed by atoms with E-state index in [1.807, 2.05) is 18.2 Å². The zero-order chi connectivity index (χ0) is 18.8. The zero-order valence-corrected chi connectivity index (χ0v) is 15.1. The Morgan fingerprint density at radius 3 is 2.56 bits per heavy atom. The molecular formula is C19H15N3O4S. The van der Waals surface area contributed by atoms with E-state index in [1.54, 1.807) is 29.6 Å². The van der Waals surface area contributed by atoms with Crippen molar-refractivity contribution in [2.75, 3.05) is 17.4 Å². The number of nitrogens with one attached hydrogen (secondary N) is 2. The molecule has 136 valence electrons. The van der Waals surface area contributed by atoms with Gasteiger partial charge in [0.05, 0.1) is 0 Å². The van der Waals surface area contributed by atoms with Crippen LogP contribution in [0.2, 0.25) is 0 Å². The molecule has 0 fully saturated rings. The fraction of sp³-hybridized carbons (Fsp3) is 0.105. The standard InChI is InChI=1S/C19H15N3O4S/c1-11(23)12-2-4-13(5-3-12)20-18(24)15-9-27-19(22-15)21-14-6-7-16-17(8-14)26-10-25-16/h2-9H,10H2,1H3,(H,20,24)(H,21,22). The van der Waals surface area contributed by atoms with Crippen LogP contribution in [0.4, 0.5) is 16.5 Å². The van der Waals surface area contributed by atoms with Crippen molar-refractivity contribution in [2.24, 2.45) is 0 Å². The lowest BCUT2D eigenvalue weighted by Crippen LogP contribution is -2.12. The van der Waals surface area contributed by atoms with Gasteiger partial charge in [0, 0.05) is 28.4 Å². The fourth-order valence-electron chi connectivity index (χ4n) is 2.52. The lowest BCUT2D eigenvalue weighted by molar-refractivity contribution is 0.101. The Balaban J connectivity index is 1.42. The maximum Gasteiger partial charge on any atom is 0.275 e. The van der Waals surface area contributed by atoms with Crippen molar-refractivity contribution in [3.05, 3.63) is 59.1 Å². The van der Waals surface area contributed by atoms with Crippen LogP contribution in [0.3, 0.4) is 0 Å². The molecule has 0 spiro atoms. The summed E-state index contributed by atoms with van der Waals surface area (Å²) in [4.78, 5) is 28.0. The van der Waals surface area contributed by atoms with Crippen molar-refractivity contribution in [1.29, 1.82) is 0 Å². The molecule has 1 aromatic heterocycles. The van der Waals surface area contributed by atoms with Crippen LogP contribution >= 0.6 is 11.3 Å². The maximum atomic E-state index is 12.4. The molecule has 7 nitrogen and oxygen atoms in total. The number of thiazole rings is 1. The SMILES string of the molecule is CC(=O)c1ccc(NC(=O)c2csc(Nc3ccc4c(c3)OCO4)n2)cc1. The van der Waals surface area contributed by atoms with Crippen LogP contribution in [-0.2, 0) is 0 Å². The van der Waals surface area contributed by atoms with E-state index in [9.17, 15) is 9.59 Å². The van der Waals surface area contributed by atoms with Gasteiger partial charge in [-0.05, 0) is 43.3 Å². The summed E-state index contributed by atoms with van der Waals surface area (Å²) in [7, 11) is 0. The smallest absolute Gasteiger partial charge is 0.275 e. The highest BCUT2D eigenvalue weighted by Gasteiger charge is 2.15. The third-order valence-corrected chi connectivity index (χ3v) is 4.67. The molecule has 0 unspecified atom stereocenters. The average molecular weight is 381 g/mol. The van der Waals surface area contributed by atoms with Crippen LogP contribution in [0.25, 0.3) is 0 Å². The Labute approximate surface area is 159 Å². The maximum absolute atomic E-state index is 12.4. The van der Waals surface area contributed by atoms with Gasteiger partial charge >= 0.3 is 0 Å². The first-order valence-electron chi connectivity index (χ1n) is 8.13. The molecule has 0 atom stereocenters. The fourth-order valence-corrected chi connectivity index (χ4v) is 3.23. The number of ether oxygens (including phenoxy) is 2. The monoisotopic (exact) mass is 381 g/mol. The minimum atomic E-state index is -0.319. The van der Waals surface area contributed by atoms with Crippen molar-refractivity contribution in [3.8, 4) is 11.5 Å². The van der Waals surface area contributed by atoms with Gasteiger partial charge in [-0.15, -0.1) is 11.3 Å². The largest absolute Gasteiger partial charge is 0.454 e. The highest BCUT2D eigenvalue weighted by molar-refractivity contribution is 7.14. The summed E-state index contributed by atoms with van der Waals surface area (Å²) in [6.07, 6.45) is 0. The minimum Gasteiger partial charge on any atom is -0.454 e. The third-order valence-electron chi connectivity index (χ3n) is 3.91. The summed E-state index contributed by atoms with van der Waals surface area (Å²) >= 11 is 1.32. The summed E-state index contributed by atoms with van der Waals surface area (Å²) in [6, 6.07) is 12.2. The quantitative estimate of drug-likeness (QED) is 0.648. The van der Waals surface area contributed by atoms with Gasteiger partial charge in [0.1, 0.15) is 5.69 Å². The molecule has 1 amide bonds. The van der Waals surface area contributed by atoms with Gasteiger partial charge in [0.15, 0.2) is 22.4 Å². The normalized spacial score (nSPS) is 11.9. The van der Waals surface area contributed by atoms with E-state index in [-0.39, 0.29) is 18.5 Å². The van der Waals surface area contributed by atoms with E-state index in [0.29, 0.717) is 33.6 Å². The van der Waals surface area contributed by atoms with E-state index in [0.717, 1.165) is 5.69 Å². The molecular weight excluding hydrogens is 366 g/mol. The van der Waals surface area contributed by atoms with Crippen LogP contribution < -0.4 is 20.1 Å². The molecule has 0 saturated carbocycles. The first kappa shape index (κ1) is 17.0. The Morgan fingerprint density at radius 1 is 1.04 bits per heavy atom. The van der Waals surface area contributed by atoms with Crippen LogP contribution in [0, 0.1) is 0 Å². The van der Waals surface area contributed by atoms with Crippen molar-refractivity contribution in [1.82, 2.24) is 4.98 Å². The molecule has 2 heterocycles. The van der Waals surface area contributed by atoms with Gasteiger partial charge in [-0.1, -0.05) is 0 Å². The molecule has 4 rings (SSSR count). The molecule has 0 aliphatic carbocycles. The summed E-state index contributed by atoms with van der Waals surface area (Å²) in [5.41, 5.74) is 2.29. The zero-order valence-electron chi connectivity index (χ0n) is 14.3. The number of nitrogens with zero attached hydrogens (tertiary/aromatic N) is 1. The molecule has 0 saturated heterocycles. The highest BCUT2D eigenvalue weighted by Crippen LogP contribution is 2.35. The van der Waals surface area contributed by atoms with Gasteiger partial charge in [-0.3, -0.25) is 9.59 Å². The molecule has 2 N–H and O–H groups in total. The number of carbonyl (C=O) groups excluding carboxylic acids is 2. The van der Waals surface area contributed by atoms with Gasteiger partial charge < -0.3 is 20.1 Å². The van der Waals surface area contributed by atoms with Gasteiger partial charge in [-0.2, -0.15) is 0 Å². The number of ketones is 1. The van der Waals surface area contributed by atoms with E-state index in [4.69, 9.17) is 9.47 Å². The number of amides is 1. The predicted molar refractivity (Wildman–Crippen MR) is 102 cm³/mol. The van der Waals surface area contributed by atoms with Crippen molar-refractivity contribution in [2.45, 2.75) is 6.92 Å². The topological polar surface area (TPSA) is 89.6 Å². The molecule has 1 aliphatic heterocycles. The first-order valence-corrected chi connectivity index (χ1v) is 9.01. The number of carbonyl (C=O) groups is 2. The van der Waals surface area contributed by atoms with Crippen molar-refractivity contribution >= 4 is 39.5 Å². The van der Waals surface area contributed by atoms with Crippen molar-refractivity contribution < 1.29 is 19.1 Å².